The normalized spacial score (nSPS) is 14.0. The van der Waals surface area contributed by atoms with Crippen LogP contribution in [-0.2, 0) is 11.3 Å². The van der Waals surface area contributed by atoms with E-state index >= 15 is 0 Å². The van der Waals surface area contributed by atoms with Crippen LogP contribution in [0.15, 0.2) is 36.4 Å². The van der Waals surface area contributed by atoms with Gasteiger partial charge in [-0.05, 0) is 12.5 Å². The van der Waals surface area contributed by atoms with Crippen molar-refractivity contribution in [1.82, 2.24) is 25.5 Å². The summed E-state index contributed by atoms with van der Waals surface area (Å²) in [5.41, 5.74) is 1.96. The summed E-state index contributed by atoms with van der Waals surface area (Å²) in [7, 11) is 0. The van der Waals surface area contributed by atoms with Crippen molar-refractivity contribution in [3.8, 4) is 0 Å². The highest BCUT2D eigenvalue weighted by Gasteiger charge is 2.23. The van der Waals surface area contributed by atoms with Gasteiger partial charge in [0, 0.05) is 50.4 Å². The molecule has 1 fully saturated rings. The molecule has 1 aliphatic heterocycles. The maximum absolute atomic E-state index is 12.5. The molecule has 0 radical (unpaired) electrons. The largest absolute Gasteiger partial charge is 0.353 e. The van der Waals surface area contributed by atoms with Crippen molar-refractivity contribution >= 4 is 17.8 Å². The van der Waals surface area contributed by atoms with Gasteiger partial charge in [0.1, 0.15) is 11.6 Å². The molecule has 2 heterocycles. The number of carbonyl (C=O) groups is 2. The maximum atomic E-state index is 12.5. The van der Waals surface area contributed by atoms with E-state index in [1.54, 1.807) is 4.90 Å². The van der Waals surface area contributed by atoms with E-state index in [0.29, 0.717) is 32.7 Å². The lowest BCUT2D eigenvalue weighted by Crippen LogP contribution is -2.52. The molecule has 8 nitrogen and oxygen atoms in total. The molecule has 8 heteroatoms. The Balaban J connectivity index is 1.43. The fraction of sp³-hybridized carbons (Fsp3) is 0.455. The Hall–Kier alpha value is -3.16. The minimum absolute atomic E-state index is 0.00919. The van der Waals surface area contributed by atoms with Gasteiger partial charge < -0.3 is 20.4 Å². The molecule has 2 aromatic rings. The third-order valence-corrected chi connectivity index (χ3v) is 5.03. The van der Waals surface area contributed by atoms with Gasteiger partial charge in [0.2, 0.25) is 5.91 Å². The van der Waals surface area contributed by atoms with Gasteiger partial charge in [-0.15, -0.1) is 0 Å². The van der Waals surface area contributed by atoms with Crippen LogP contribution in [0.2, 0.25) is 0 Å². The topological polar surface area (TPSA) is 90.5 Å². The van der Waals surface area contributed by atoms with Crippen LogP contribution in [0.1, 0.15) is 36.8 Å². The molecule has 3 rings (SSSR count). The number of aryl methyl sites for hydroxylation is 1. The predicted molar refractivity (Wildman–Crippen MR) is 116 cm³/mol. The fourth-order valence-corrected chi connectivity index (χ4v) is 3.29. The second-order valence-corrected chi connectivity index (χ2v) is 7.77. The molecule has 0 saturated carbocycles. The van der Waals surface area contributed by atoms with Gasteiger partial charge in [-0.25, -0.2) is 14.8 Å². The zero-order valence-corrected chi connectivity index (χ0v) is 17.9. The highest BCUT2D eigenvalue weighted by molar-refractivity contribution is 5.84. The maximum Gasteiger partial charge on any atom is 0.315 e. The molecule has 160 valence electrons. The van der Waals surface area contributed by atoms with Gasteiger partial charge in [0.05, 0.1) is 6.54 Å². The number of anilines is 1. The van der Waals surface area contributed by atoms with Crippen LogP contribution < -0.4 is 15.5 Å². The summed E-state index contributed by atoms with van der Waals surface area (Å²) < 4.78 is 0. The molecule has 1 aromatic carbocycles. The second-order valence-electron chi connectivity index (χ2n) is 7.77. The van der Waals surface area contributed by atoms with E-state index in [1.165, 1.54) is 0 Å². The summed E-state index contributed by atoms with van der Waals surface area (Å²) in [6.07, 6.45) is 0. The number of amides is 3. The minimum Gasteiger partial charge on any atom is -0.353 e. The van der Waals surface area contributed by atoms with Crippen LogP contribution in [0.5, 0.6) is 0 Å². The van der Waals surface area contributed by atoms with Gasteiger partial charge in [0.15, 0.2) is 0 Å². The molecular formula is C22H30N6O2. The van der Waals surface area contributed by atoms with E-state index in [2.05, 4.69) is 39.3 Å². The first-order valence-corrected chi connectivity index (χ1v) is 10.4. The summed E-state index contributed by atoms with van der Waals surface area (Å²) in [5, 5.41) is 5.41. The number of nitrogens with zero attached hydrogens (tertiary/aromatic N) is 4. The summed E-state index contributed by atoms with van der Waals surface area (Å²) >= 11 is 0. The van der Waals surface area contributed by atoms with Gasteiger partial charge in [0.25, 0.3) is 0 Å². The Kier molecular flexibility index (Phi) is 7.21. The molecule has 0 unspecified atom stereocenters. The fourth-order valence-electron chi connectivity index (χ4n) is 3.29. The quantitative estimate of drug-likeness (QED) is 0.761. The van der Waals surface area contributed by atoms with Gasteiger partial charge in [-0.3, -0.25) is 4.79 Å². The van der Waals surface area contributed by atoms with E-state index in [-0.39, 0.29) is 24.4 Å². The SMILES string of the molecule is Cc1cc(N2CCN(C(=O)CNC(=O)NCc3ccccc3)CC2)nc(C(C)C)n1. The lowest BCUT2D eigenvalue weighted by atomic mass is 10.2. The molecule has 0 atom stereocenters. The standard InChI is InChI=1S/C22H30N6O2/c1-16(2)21-25-17(3)13-19(26-21)27-9-11-28(12-10-27)20(29)15-24-22(30)23-14-18-7-5-4-6-8-18/h4-8,13,16H,9-12,14-15H2,1-3H3,(H2,23,24,30). The van der Waals surface area contributed by atoms with Crippen LogP contribution in [0.4, 0.5) is 10.6 Å². The van der Waals surface area contributed by atoms with Crippen molar-refractivity contribution in [2.45, 2.75) is 33.2 Å². The lowest BCUT2D eigenvalue weighted by Gasteiger charge is -2.35. The number of hydrogen-bond donors (Lipinski definition) is 2. The van der Waals surface area contributed by atoms with Crippen LogP contribution in [0.3, 0.4) is 0 Å². The highest BCUT2D eigenvalue weighted by atomic mass is 16.2. The van der Waals surface area contributed by atoms with Crippen molar-refractivity contribution in [1.29, 1.82) is 0 Å². The van der Waals surface area contributed by atoms with Gasteiger partial charge in [-0.1, -0.05) is 44.2 Å². The smallest absolute Gasteiger partial charge is 0.315 e. The first-order chi connectivity index (χ1) is 14.4. The number of piperazine rings is 1. The van der Waals surface area contributed by atoms with Crippen LogP contribution in [0, 0.1) is 6.92 Å². The Labute approximate surface area is 177 Å². The molecule has 30 heavy (non-hydrogen) atoms. The van der Waals surface area contributed by atoms with Crippen LogP contribution >= 0.6 is 0 Å². The number of aromatic nitrogens is 2. The van der Waals surface area contributed by atoms with Gasteiger partial charge in [-0.2, -0.15) is 0 Å². The molecule has 2 N–H and O–H groups in total. The molecule has 1 saturated heterocycles. The predicted octanol–water partition coefficient (Wildman–Crippen LogP) is 2.06. The van der Waals surface area contributed by atoms with Gasteiger partial charge >= 0.3 is 6.03 Å². The summed E-state index contributed by atoms with van der Waals surface area (Å²) in [6, 6.07) is 11.3. The molecule has 0 bridgehead atoms. The summed E-state index contributed by atoms with van der Waals surface area (Å²) in [4.78, 5) is 37.5. The average Bonchev–Trinajstić information content (AvgIpc) is 2.76. The molecule has 0 spiro atoms. The number of carbonyl (C=O) groups excluding carboxylic acids is 2. The average molecular weight is 411 g/mol. The lowest BCUT2D eigenvalue weighted by molar-refractivity contribution is -0.130. The Morgan fingerprint density at radius 2 is 1.73 bits per heavy atom. The monoisotopic (exact) mass is 410 g/mol. The zero-order valence-electron chi connectivity index (χ0n) is 17.9. The molecular weight excluding hydrogens is 380 g/mol. The van der Waals surface area contributed by atoms with Crippen LogP contribution in [0.25, 0.3) is 0 Å². The van der Waals surface area contributed by atoms with Crippen LogP contribution in [-0.4, -0.2) is 59.5 Å². The first-order valence-electron chi connectivity index (χ1n) is 10.4. The summed E-state index contributed by atoms with van der Waals surface area (Å²) in [6.45, 7) is 9.18. The molecule has 1 aromatic heterocycles. The van der Waals surface area contributed by atoms with E-state index in [1.807, 2.05) is 43.3 Å². The first kappa shape index (κ1) is 21.5. The van der Waals surface area contributed by atoms with E-state index in [4.69, 9.17) is 0 Å². The Morgan fingerprint density at radius 3 is 2.40 bits per heavy atom. The van der Waals surface area contributed by atoms with E-state index in [0.717, 1.165) is 22.9 Å². The number of nitrogens with one attached hydrogen (secondary N) is 2. The third kappa shape index (κ3) is 5.92. The number of hydrogen-bond acceptors (Lipinski definition) is 5. The van der Waals surface area contributed by atoms with Crippen molar-refractivity contribution in [2.75, 3.05) is 37.6 Å². The Bertz CT molecular complexity index is 863. The number of urea groups is 1. The summed E-state index contributed by atoms with van der Waals surface area (Å²) in [5.74, 6) is 1.95. The van der Waals surface area contributed by atoms with Crippen molar-refractivity contribution in [2.24, 2.45) is 0 Å². The number of rotatable bonds is 6. The minimum atomic E-state index is -0.344. The molecule has 3 amide bonds. The van der Waals surface area contributed by atoms with Crippen molar-refractivity contribution in [3.05, 3.63) is 53.5 Å². The van der Waals surface area contributed by atoms with E-state index in [9.17, 15) is 9.59 Å². The van der Waals surface area contributed by atoms with Crippen molar-refractivity contribution < 1.29 is 9.59 Å². The Morgan fingerprint density at radius 1 is 1.03 bits per heavy atom. The molecule has 0 aliphatic carbocycles. The number of benzene rings is 1. The van der Waals surface area contributed by atoms with E-state index < -0.39 is 0 Å². The van der Waals surface area contributed by atoms with Crippen molar-refractivity contribution in [3.63, 3.8) is 0 Å². The zero-order chi connectivity index (χ0) is 21.5. The molecule has 1 aliphatic rings. The highest BCUT2D eigenvalue weighted by Crippen LogP contribution is 2.18. The second kappa shape index (κ2) is 10.0. The third-order valence-electron chi connectivity index (χ3n) is 5.03.